The number of aryl methyl sites for hydroxylation is 1. The second-order valence-corrected chi connectivity index (χ2v) is 4.60. The fourth-order valence-corrected chi connectivity index (χ4v) is 2.42. The van der Waals surface area contributed by atoms with Crippen molar-refractivity contribution in [3.63, 3.8) is 0 Å². The van der Waals surface area contributed by atoms with Crippen LogP contribution in [0.1, 0.15) is 17.5 Å². The zero-order valence-electron chi connectivity index (χ0n) is 9.58. The number of ether oxygens (including phenoxy) is 2. The van der Waals surface area contributed by atoms with Gasteiger partial charge in [0.15, 0.2) is 0 Å². The van der Waals surface area contributed by atoms with Crippen LogP contribution >= 0.6 is 0 Å². The van der Waals surface area contributed by atoms with Gasteiger partial charge in [-0.1, -0.05) is 12.1 Å². The van der Waals surface area contributed by atoms with E-state index in [1.807, 2.05) is 7.05 Å². The zero-order valence-corrected chi connectivity index (χ0v) is 9.58. The Labute approximate surface area is 95.8 Å². The Hall–Kier alpha value is -1.06. The number of benzene rings is 1. The van der Waals surface area contributed by atoms with E-state index in [2.05, 4.69) is 23.5 Å². The zero-order chi connectivity index (χ0) is 11.0. The number of nitrogens with one attached hydrogen (secondary N) is 1. The van der Waals surface area contributed by atoms with Crippen LogP contribution in [0.4, 0.5) is 0 Å². The summed E-state index contributed by atoms with van der Waals surface area (Å²) in [7, 11) is 2.00. The quantitative estimate of drug-likeness (QED) is 0.816. The van der Waals surface area contributed by atoms with Gasteiger partial charge in [0.25, 0.3) is 0 Å². The van der Waals surface area contributed by atoms with Gasteiger partial charge in [-0.15, -0.1) is 0 Å². The van der Waals surface area contributed by atoms with E-state index in [0.717, 1.165) is 38.4 Å². The second kappa shape index (κ2) is 3.75. The molecule has 2 heterocycles. The van der Waals surface area contributed by atoms with Crippen LogP contribution in [0.25, 0.3) is 0 Å². The highest BCUT2D eigenvalue weighted by Gasteiger charge is 2.39. The van der Waals surface area contributed by atoms with Crippen molar-refractivity contribution in [1.29, 1.82) is 0 Å². The fourth-order valence-electron chi connectivity index (χ4n) is 2.42. The van der Waals surface area contributed by atoms with E-state index in [1.54, 1.807) is 0 Å². The lowest BCUT2D eigenvalue weighted by molar-refractivity contribution is -0.0748. The molecule has 3 nitrogen and oxygen atoms in total. The van der Waals surface area contributed by atoms with E-state index in [0.29, 0.717) is 0 Å². The first-order chi connectivity index (χ1) is 7.84. The summed E-state index contributed by atoms with van der Waals surface area (Å²) in [5.74, 6) is 1.06. The Bertz CT molecular complexity index is 393. The summed E-state index contributed by atoms with van der Waals surface area (Å²) < 4.78 is 11.0. The second-order valence-electron chi connectivity index (χ2n) is 4.60. The average molecular weight is 219 g/mol. The third kappa shape index (κ3) is 1.43. The largest absolute Gasteiger partial charge is 0.493 e. The molecule has 0 radical (unpaired) electrons. The SMILES string of the molecule is CNC1(c2ccc3c(c2)CCCO3)COC1. The minimum atomic E-state index is 0.0342. The molecule has 2 aliphatic heterocycles. The predicted octanol–water partition coefficient (Wildman–Crippen LogP) is 1.46. The van der Waals surface area contributed by atoms with Crippen molar-refractivity contribution in [2.45, 2.75) is 18.4 Å². The maximum Gasteiger partial charge on any atom is 0.122 e. The van der Waals surface area contributed by atoms with Gasteiger partial charge in [0.2, 0.25) is 0 Å². The Balaban J connectivity index is 1.96. The summed E-state index contributed by atoms with van der Waals surface area (Å²) in [6.07, 6.45) is 2.25. The molecule has 86 valence electrons. The van der Waals surface area contributed by atoms with Gasteiger partial charge >= 0.3 is 0 Å². The Kier molecular flexibility index (Phi) is 2.37. The highest BCUT2D eigenvalue weighted by atomic mass is 16.5. The molecule has 0 unspecified atom stereocenters. The molecule has 0 aromatic heterocycles. The summed E-state index contributed by atoms with van der Waals surface area (Å²) in [6.45, 7) is 2.39. The topological polar surface area (TPSA) is 30.5 Å². The molecule has 1 aromatic rings. The van der Waals surface area contributed by atoms with Crippen LogP contribution in [0.2, 0.25) is 0 Å². The van der Waals surface area contributed by atoms with Crippen molar-refractivity contribution in [3.8, 4) is 5.75 Å². The van der Waals surface area contributed by atoms with Crippen molar-refractivity contribution in [2.24, 2.45) is 0 Å². The molecule has 0 aliphatic carbocycles. The number of rotatable bonds is 2. The van der Waals surface area contributed by atoms with Crippen molar-refractivity contribution < 1.29 is 9.47 Å². The molecule has 1 fully saturated rings. The molecule has 3 rings (SSSR count). The van der Waals surface area contributed by atoms with Gasteiger partial charge in [-0.25, -0.2) is 0 Å². The van der Waals surface area contributed by atoms with E-state index < -0.39 is 0 Å². The van der Waals surface area contributed by atoms with Crippen LogP contribution < -0.4 is 10.1 Å². The third-order valence-corrected chi connectivity index (χ3v) is 3.64. The number of hydrogen-bond donors (Lipinski definition) is 1. The molecule has 0 bridgehead atoms. The van der Waals surface area contributed by atoms with E-state index in [-0.39, 0.29) is 5.54 Å². The van der Waals surface area contributed by atoms with Crippen LogP contribution in [0.5, 0.6) is 5.75 Å². The van der Waals surface area contributed by atoms with E-state index >= 15 is 0 Å². The van der Waals surface area contributed by atoms with Gasteiger partial charge in [-0.3, -0.25) is 0 Å². The molecule has 16 heavy (non-hydrogen) atoms. The van der Waals surface area contributed by atoms with Gasteiger partial charge in [0, 0.05) is 0 Å². The maximum absolute atomic E-state index is 5.62. The minimum absolute atomic E-state index is 0.0342. The van der Waals surface area contributed by atoms with Gasteiger partial charge < -0.3 is 14.8 Å². The normalized spacial score (nSPS) is 21.8. The lowest BCUT2D eigenvalue weighted by atomic mass is 9.86. The van der Waals surface area contributed by atoms with Crippen molar-refractivity contribution in [1.82, 2.24) is 5.32 Å². The molecule has 0 amide bonds. The Morgan fingerprint density at radius 3 is 2.88 bits per heavy atom. The molecule has 3 heteroatoms. The molecule has 0 saturated carbocycles. The van der Waals surface area contributed by atoms with Crippen molar-refractivity contribution in [2.75, 3.05) is 26.9 Å². The summed E-state index contributed by atoms with van der Waals surface area (Å²) in [5, 5.41) is 3.37. The van der Waals surface area contributed by atoms with Gasteiger partial charge in [-0.2, -0.15) is 0 Å². The summed E-state index contributed by atoms with van der Waals surface area (Å²) in [4.78, 5) is 0. The highest BCUT2D eigenvalue weighted by molar-refractivity contribution is 5.41. The van der Waals surface area contributed by atoms with Crippen LogP contribution in [0, 0.1) is 0 Å². The van der Waals surface area contributed by atoms with Crippen molar-refractivity contribution in [3.05, 3.63) is 29.3 Å². The lowest BCUT2D eigenvalue weighted by Crippen LogP contribution is -2.56. The monoisotopic (exact) mass is 219 g/mol. The standard InChI is InChI=1S/C13H17NO2/c1-14-13(8-15-9-13)11-4-5-12-10(7-11)3-2-6-16-12/h4-5,7,14H,2-3,6,8-9H2,1H3. The van der Waals surface area contributed by atoms with Crippen LogP contribution in [-0.2, 0) is 16.7 Å². The highest BCUT2D eigenvalue weighted by Crippen LogP contribution is 2.33. The smallest absolute Gasteiger partial charge is 0.122 e. The van der Waals surface area contributed by atoms with E-state index in [4.69, 9.17) is 9.47 Å². The third-order valence-electron chi connectivity index (χ3n) is 3.64. The molecule has 1 saturated heterocycles. The van der Waals surface area contributed by atoms with Gasteiger partial charge in [0.05, 0.1) is 25.4 Å². The summed E-state index contributed by atoms with van der Waals surface area (Å²) in [5.41, 5.74) is 2.70. The predicted molar refractivity (Wildman–Crippen MR) is 61.8 cm³/mol. The van der Waals surface area contributed by atoms with Gasteiger partial charge in [0.1, 0.15) is 5.75 Å². The number of fused-ring (bicyclic) bond motifs is 1. The maximum atomic E-state index is 5.62. The summed E-state index contributed by atoms with van der Waals surface area (Å²) in [6, 6.07) is 6.53. The lowest BCUT2D eigenvalue weighted by Gasteiger charge is -2.42. The molecule has 1 aromatic carbocycles. The average Bonchev–Trinajstić information content (AvgIpc) is 2.28. The summed E-state index contributed by atoms with van der Waals surface area (Å²) >= 11 is 0. The first-order valence-electron chi connectivity index (χ1n) is 5.87. The van der Waals surface area contributed by atoms with Crippen molar-refractivity contribution >= 4 is 0 Å². The Morgan fingerprint density at radius 2 is 2.19 bits per heavy atom. The minimum Gasteiger partial charge on any atom is -0.493 e. The Morgan fingerprint density at radius 1 is 1.31 bits per heavy atom. The molecule has 1 N–H and O–H groups in total. The van der Waals surface area contributed by atoms with Gasteiger partial charge in [-0.05, 0) is 37.1 Å². The number of likely N-dealkylation sites (N-methyl/N-ethyl adjacent to an activating group) is 1. The fraction of sp³-hybridized carbons (Fsp3) is 0.538. The molecular weight excluding hydrogens is 202 g/mol. The first-order valence-corrected chi connectivity index (χ1v) is 5.87. The van der Waals surface area contributed by atoms with Crippen LogP contribution in [-0.4, -0.2) is 26.9 Å². The molecular formula is C13H17NO2. The first kappa shape index (κ1) is 10.1. The van der Waals surface area contributed by atoms with Crippen LogP contribution in [0.3, 0.4) is 0 Å². The van der Waals surface area contributed by atoms with E-state index in [1.165, 1.54) is 11.1 Å². The number of hydrogen-bond acceptors (Lipinski definition) is 3. The van der Waals surface area contributed by atoms with Crippen LogP contribution in [0.15, 0.2) is 18.2 Å². The van der Waals surface area contributed by atoms with E-state index in [9.17, 15) is 0 Å². The molecule has 0 atom stereocenters. The molecule has 0 spiro atoms. The molecule has 2 aliphatic rings.